The standard InChI is InChI=1S/C17H20ClN5O/c18-14-10-20-23(12-14)15-2-5-19-11-16(15)21-8-3-13(4-9-21)17(24)22-6-1-7-22/h2,5,10-13H,1,3-4,6-9H2. The average Bonchev–Trinajstić information content (AvgIpc) is 3.00. The largest absolute Gasteiger partial charge is 0.368 e. The molecule has 6 nitrogen and oxygen atoms in total. The number of hydrogen-bond acceptors (Lipinski definition) is 4. The van der Waals surface area contributed by atoms with Gasteiger partial charge in [-0.15, -0.1) is 0 Å². The maximum Gasteiger partial charge on any atom is 0.225 e. The Labute approximate surface area is 146 Å². The zero-order valence-corrected chi connectivity index (χ0v) is 14.2. The third-order valence-electron chi connectivity index (χ3n) is 4.93. The van der Waals surface area contributed by atoms with Gasteiger partial charge in [0.1, 0.15) is 0 Å². The van der Waals surface area contributed by atoms with Crippen LogP contribution in [0.25, 0.3) is 5.69 Å². The van der Waals surface area contributed by atoms with Crippen LogP contribution in [0.4, 0.5) is 5.69 Å². The minimum absolute atomic E-state index is 0.167. The molecule has 2 saturated heterocycles. The Morgan fingerprint density at radius 3 is 2.54 bits per heavy atom. The summed E-state index contributed by atoms with van der Waals surface area (Å²) in [6, 6.07) is 1.94. The SMILES string of the molecule is O=C(C1CCN(c2cnccc2-n2cc(Cl)cn2)CC1)N1CCC1. The van der Waals surface area contributed by atoms with Crippen molar-refractivity contribution in [2.75, 3.05) is 31.1 Å². The predicted molar refractivity (Wildman–Crippen MR) is 92.5 cm³/mol. The van der Waals surface area contributed by atoms with Crippen molar-refractivity contribution in [3.05, 3.63) is 35.9 Å². The fraction of sp³-hybridized carbons (Fsp3) is 0.471. The molecule has 0 aliphatic carbocycles. The molecule has 24 heavy (non-hydrogen) atoms. The van der Waals surface area contributed by atoms with E-state index in [0.29, 0.717) is 10.9 Å². The maximum absolute atomic E-state index is 12.4. The van der Waals surface area contributed by atoms with Crippen LogP contribution < -0.4 is 4.90 Å². The molecule has 4 heterocycles. The fourth-order valence-electron chi connectivity index (χ4n) is 3.41. The van der Waals surface area contributed by atoms with Crippen molar-refractivity contribution < 1.29 is 4.79 Å². The van der Waals surface area contributed by atoms with E-state index in [0.717, 1.165) is 56.8 Å². The quantitative estimate of drug-likeness (QED) is 0.857. The zero-order valence-electron chi connectivity index (χ0n) is 13.4. The molecule has 0 aromatic carbocycles. The number of aromatic nitrogens is 3. The summed E-state index contributed by atoms with van der Waals surface area (Å²) < 4.78 is 1.77. The molecular weight excluding hydrogens is 326 g/mol. The lowest BCUT2D eigenvalue weighted by Crippen LogP contribution is -2.48. The molecule has 2 aromatic rings. The fourth-order valence-corrected chi connectivity index (χ4v) is 3.55. The summed E-state index contributed by atoms with van der Waals surface area (Å²) in [5.74, 6) is 0.506. The molecule has 0 radical (unpaired) electrons. The highest BCUT2D eigenvalue weighted by Crippen LogP contribution is 2.29. The molecule has 4 rings (SSSR count). The third kappa shape index (κ3) is 2.86. The summed E-state index contributed by atoms with van der Waals surface area (Å²) in [5.41, 5.74) is 2.00. The van der Waals surface area contributed by atoms with E-state index in [1.54, 1.807) is 23.3 Å². The lowest BCUT2D eigenvalue weighted by molar-refractivity contribution is -0.139. The van der Waals surface area contributed by atoms with E-state index < -0.39 is 0 Å². The number of hydrogen-bond donors (Lipinski definition) is 0. The van der Waals surface area contributed by atoms with Gasteiger partial charge in [0.05, 0.1) is 28.8 Å². The first-order valence-electron chi connectivity index (χ1n) is 8.40. The number of piperidine rings is 1. The second kappa shape index (κ2) is 6.43. The highest BCUT2D eigenvalue weighted by atomic mass is 35.5. The normalized spacial score (nSPS) is 18.5. The summed E-state index contributed by atoms with van der Waals surface area (Å²) in [6.45, 7) is 3.59. The zero-order chi connectivity index (χ0) is 16.5. The summed E-state index contributed by atoms with van der Waals surface area (Å²) >= 11 is 6.00. The Kier molecular flexibility index (Phi) is 4.14. The minimum Gasteiger partial charge on any atom is -0.368 e. The minimum atomic E-state index is 0.167. The molecule has 2 aromatic heterocycles. The van der Waals surface area contributed by atoms with Crippen LogP contribution in [0.5, 0.6) is 0 Å². The van der Waals surface area contributed by atoms with E-state index in [4.69, 9.17) is 11.6 Å². The molecule has 0 atom stereocenters. The summed E-state index contributed by atoms with van der Waals surface area (Å²) in [5, 5.41) is 4.90. The Hall–Kier alpha value is -2.08. The summed E-state index contributed by atoms with van der Waals surface area (Å²) in [6.07, 6.45) is 9.98. The van der Waals surface area contributed by atoms with Crippen LogP contribution in [-0.4, -0.2) is 51.8 Å². The van der Waals surface area contributed by atoms with Crippen molar-refractivity contribution in [3.8, 4) is 5.69 Å². The van der Waals surface area contributed by atoms with Gasteiger partial charge < -0.3 is 9.80 Å². The molecule has 2 aliphatic rings. The number of nitrogens with zero attached hydrogens (tertiary/aromatic N) is 5. The van der Waals surface area contributed by atoms with Crippen molar-refractivity contribution in [1.82, 2.24) is 19.7 Å². The molecule has 0 N–H and O–H groups in total. The predicted octanol–water partition coefficient (Wildman–Crippen LogP) is 2.37. The molecule has 0 spiro atoms. The number of amides is 1. The van der Waals surface area contributed by atoms with Crippen LogP contribution in [0, 0.1) is 5.92 Å². The number of halogens is 1. The Balaban J connectivity index is 1.49. The van der Waals surface area contributed by atoms with Crippen molar-refractivity contribution in [2.45, 2.75) is 19.3 Å². The summed E-state index contributed by atoms with van der Waals surface area (Å²) in [7, 11) is 0. The van der Waals surface area contributed by atoms with Crippen molar-refractivity contribution in [3.63, 3.8) is 0 Å². The van der Waals surface area contributed by atoms with Gasteiger partial charge in [-0.2, -0.15) is 5.10 Å². The molecular formula is C17H20ClN5O. The van der Waals surface area contributed by atoms with Crippen LogP contribution in [0.3, 0.4) is 0 Å². The van der Waals surface area contributed by atoms with Crippen molar-refractivity contribution in [1.29, 1.82) is 0 Å². The van der Waals surface area contributed by atoms with Crippen LogP contribution in [0.2, 0.25) is 5.02 Å². The molecule has 2 fully saturated rings. The van der Waals surface area contributed by atoms with E-state index in [2.05, 4.69) is 15.0 Å². The molecule has 7 heteroatoms. The van der Waals surface area contributed by atoms with Gasteiger partial charge in [0.2, 0.25) is 5.91 Å². The number of likely N-dealkylation sites (tertiary alicyclic amines) is 1. The van der Waals surface area contributed by atoms with Gasteiger partial charge in [0.15, 0.2) is 0 Å². The number of rotatable bonds is 3. The second-order valence-electron chi connectivity index (χ2n) is 6.41. The van der Waals surface area contributed by atoms with Crippen LogP contribution >= 0.6 is 11.6 Å². The van der Waals surface area contributed by atoms with Crippen molar-refractivity contribution in [2.24, 2.45) is 5.92 Å². The lowest BCUT2D eigenvalue weighted by atomic mass is 9.94. The first-order chi connectivity index (χ1) is 11.7. The molecule has 0 bridgehead atoms. The van der Waals surface area contributed by atoms with E-state index in [-0.39, 0.29) is 5.92 Å². The van der Waals surface area contributed by atoms with Crippen molar-refractivity contribution >= 4 is 23.2 Å². The van der Waals surface area contributed by atoms with Crippen LogP contribution in [0.15, 0.2) is 30.9 Å². The van der Waals surface area contributed by atoms with Crippen LogP contribution in [0.1, 0.15) is 19.3 Å². The van der Waals surface area contributed by atoms with Gasteiger partial charge in [-0.05, 0) is 25.3 Å². The van der Waals surface area contributed by atoms with E-state index in [1.165, 1.54) is 0 Å². The molecule has 126 valence electrons. The van der Waals surface area contributed by atoms with Gasteiger partial charge in [0.25, 0.3) is 0 Å². The van der Waals surface area contributed by atoms with E-state index >= 15 is 0 Å². The highest BCUT2D eigenvalue weighted by Gasteiger charge is 2.31. The molecule has 0 unspecified atom stereocenters. The first-order valence-corrected chi connectivity index (χ1v) is 8.78. The molecule has 1 amide bonds. The monoisotopic (exact) mass is 345 g/mol. The number of anilines is 1. The Morgan fingerprint density at radius 1 is 1.12 bits per heavy atom. The average molecular weight is 346 g/mol. The Bertz CT molecular complexity index is 734. The first kappa shape index (κ1) is 15.4. The van der Waals surface area contributed by atoms with Gasteiger partial charge in [-0.25, -0.2) is 4.68 Å². The molecule has 0 saturated carbocycles. The number of carbonyl (C=O) groups excluding carboxylic acids is 1. The third-order valence-corrected chi connectivity index (χ3v) is 5.12. The smallest absolute Gasteiger partial charge is 0.225 e. The van der Waals surface area contributed by atoms with Gasteiger partial charge in [-0.3, -0.25) is 9.78 Å². The highest BCUT2D eigenvalue weighted by molar-refractivity contribution is 6.30. The Morgan fingerprint density at radius 2 is 1.92 bits per heavy atom. The number of carbonyl (C=O) groups is 1. The topological polar surface area (TPSA) is 54.3 Å². The van der Waals surface area contributed by atoms with Gasteiger partial charge in [0, 0.05) is 44.5 Å². The van der Waals surface area contributed by atoms with E-state index in [1.807, 2.05) is 17.2 Å². The van der Waals surface area contributed by atoms with E-state index in [9.17, 15) is 4.79 Å². The molecule has 2 aliphatic heterocycles. The van der Waals surface area contributed by atoms with Gasteiger partial charge >= 0.3 is 0 Å². The second-order valence-corrected chi connectivity index (χ2v) is 6.84. The van der Waals surface area contributed by atoms with Crippen LogP contribution in [-0.2, 0) is 4.79 Å². The lowest BCUT2D eigenvalue weighted by Gasteiger charge is -2.38. The summed E-state index contributed by atoms with van der Waals surface area (Å²) in [4.78, 5) is 20.9. The van der Waals surface area contributed by atoms with Gasteiger partial charge in [-0.1, -0.05) is 11.6 Å². The number of pyridine rings is 1. The maximum atomic E-state index is 12.4.